The van der Waals surface area contributed by atoms with Crippen molar-refractivity contribution in [3.63, 3.8) is 0 Å². The quantitative estimate of drug-likeness (QED) is 0.357. The molecule has 0 fully saturated rings. The van der Waals surface area contributed by atoms with Crippen molar-refractivity contribution in [2.45, 2.75) is 33.2 Å². The number of hydrogen-bond acceptors (Lipinski definition) is 5. The van der Waals surface area contributed by atoms with E-state index < -0.39 is 17.4 Å². The van der Waals surface area contributed by atoms with E-state index in [1.165, 1.54) is 0 Å². The Kier molecular flexibility index (Phi) is 4.70. The minimum absolute atomic E-state index is 0.250. The van der Waals surface area contributed by atoms with Gasteiger partial charge in [0.15, 0.2) is 0 Å². The first-order valence-electron chi connectivity index (χ1n) is 9.73. The molecule has 4 N–H and O–H groups in total. The zero-order chi connectivity index (χ0) is 21.6. The number of aryl methyl sites for hydroxylation is 2. The van der Waals surface area contributed by atoms with Gasteiger partial charge in [-0.25, -0.2) is 4.79 Å². The summed E-state index contributed by atoms with van der Waals surface area (Å²) in [6, 6.07) is 7.49. The molecule has 2 aromatic carbocycles. The van der Waals surface area contributed by atoms with Crippen LogP contribution in [0.5, 0.6) is 5.75 Å². The standard InChI is InChI=1S/C23H24N4O3/c1-12-17-10-25-8-7-15(17)13(2)21-20(12)16-9-14(5-6-18(16)27-21)30-19(28)11-26-22(29)23(3,4)24/h5-10,27H,11,24H2,1-4H3,(H,26,29). The molecule has 0 bridgehead atoms. The number of carbonyl (C=O) groups is 2. The van der Waals surface area contributed by atoms with Crippen LogP contribution in [0.2, 0.25) is 0 Å². The van der Waals surface area contributed by atoms with Gasteiger partial charge in [0.05, 0.1) is 11.1 Å². The number of amides is 1. The Morgan fingerprint density at radius 1 is 1.13 bits per heavy atom. The van der Waals surface area contributed by atoms with Crippen molar-refractivity contribution in [3.05, 3.63) is 47.8 Å². The first kappa shape index (κ1) is 19.8. The molecule has 4 aromatic rings. The van der Waals surface area contributed by atoms with Crippen LogP contribution in [0.4, 0.5) is 0 Å². The number of esters is 1. The van der Waals surface area contributed by atoms with Crippen molar-refractivity contribution in [1.82, 2.24) is 15.3 Å². The second kappa shape index (κ2) is 7.11. The van der Waals surface area contributed by atoms with Crippen molar-refractivity contribution >= 4 is 44.5 Å². The smallest absolute Gasteiger partial charge is 0.330 e. The molecule has 154 valence electrons. The lowest BCUT2D eigenvalue weighted by Crippen LogP contribution is -2.50. The number of nitrogens with one attached hydrogen (secondary N) is 2. The van der Waals surface area contributed by atoms with Gasteiger partial charge in [-0.05, 0) is 68.5 Å². The Morgan fingerprint density at radius 2 is 1.90 bits per heavy atom. The molecule has 2 aromatic heterocycles. The summed E-state index contributed by atoms with van der Waals surface area (Å²) in [6.45, 7) is 7.05. The van der Waals surface area contributed by atoms with Crippen LogP contribution in [0.15, 0.2) is 36.7 Å². The molecular formula is C23H24N4O3. The molecule has 0 unspecified atom stereocenters. The lowest BCUT2D eigenvalue weighted by Gasteiger charge is -2.17. The fraction of sp³-hybridized carbons (Fsp3) is 0.261. The first-order chi connectivity index (χ1) is 14.2. The van der Waals surface area contributed by atoms with Gasteiger partial charge in [-0.15, -0.1) is 0 Å². The van der Waals surface area contributed by atoms with E-state index in [-0.39, 0.29) is 6.54 Å². The van der Waals surface area contributed by atoms with Gasteiger partial charge < -0.3 is 20.8 Å². The molecule has 30 heavy (non-hydrogen) atoms. The third-order valence-electron chi connectivity index (χ3n) is 5.36. The lowest BCUT2D eigenvalue weighted by atomic mass is 9.97. The van der Waals surface area contributed by atoms with Crippen LogP contribution in [0.1, 0.15) is 25.0 Å². The predicted octanol–water partition coefficient (Wildman–Crippen LogP) is 3.25. The van der Waals surface area contributed by atoms with E-state index in [1.54, 1.807) is 26.1 Å². The highest BCUT2D eigenvalue weighted by atomic mass is 16.5. The highest BCUT2D eigenvalue weighted by Crippen LogP contribution is 2.37. The molecule has 0 spiro atoms. The second-order valence-electron chi connectivity index (χ2n) is 8.13. The Labute approximate surface area is 173 Å². The largest absolute Gasteiger partial charge is 0.425 e. The maximum Gasteiger partial charge on any atom is 0.330 e. The van der Waals surface area contributed by atoms with E-state index in [9.17, 15) is 9.59 Å². The number of carbonyl (C=O) groups excluding carboxylic acids is 2. The average molecular weight is 404 g/mol. The van der Waals surface area contributed by atoms with Crippen LogP contribution in [0, 0.1) is 13.8 Å². The highest BCUT2D eigenvalue weighted by Gasteiger charge is 2.22. The molecule has 7 heteroatoms. The van der Waals surface area contributed by atoms with Gasteiger partial charge in [-0.3, -0.25) is 9.78 Å². The monoisotopic (exact) mass is 404 g/mol. The molecule has 4 rings (SSSR count). The topological polar surface area (TPSA) is 110 Å². The number of benzene rings is 2. The molecule has 0 aliphatic heterocycles. The number of nitrogens with two attached hydrogens (primary N) is 1. The van der Waals surface area contributed by atoms with Crippen molar-refractivity contribution in [2.75, 3.05) is 6.54 Å². The van der Waals surface area contributed by atoms with Crippen molar-refractivity contribution in [1.29, 1.82) is 0 Å². The molecule has 0 aliphatic carbocycles. The maximum atomic E-state index is 12.2. The van der Waals surface area contributed by atoms with E-state index in [0.717, 1.165) is 43.7 Å². The molecular weight excluding hydrogens is 380 g/mol. The van der Waals surface area contributed by atoms with Gasteiger partial charge in [0.2, 0.25) is 5.91 Å². The molecule has 0 saturated carbocycles. The number of rotatable bonds is 4. The van der Waals surface area contributed by atoms with Gasteiger partial charge in [-0.2, -0.15) is 0 Å². The fourth-order valence-electron chi connectivity index (χ4n) is 3.74. The normalized spacial score (nSPS) is 11.9. The zero-order valence-electron chi connectivity index (χ0n) is 17.4. The van der Waals surface area contributed by atoms with Gasteiger partial charge in [0.25, 0.3) is 0 Å². The molecule has 0 radical (unpaired) electrons. The summed E-state index contributed by atoms with van der Waals surface area (Å²) in [5, 5.41) is 6.79. The van der Waals surface area contributed by atoms with Crippen LogP contribution in [-0.2, 0) is 9.59 Å². The van der Waals surface area contributed by atoms with E-state index in [0.29, 0.717) is 5.75 Å². The third-order valence-corrected chi connectivity index (χ3v) is 5.36. The molecule has 7 nitrogen and oxygen atoms in total. The number of fused-ring (bicyclic) bond motifs is 4. The molecule has 0 aliphatic rings. The van der Waals surface area contributed by atoms with E-state index >= 15 is 0 Å². The fourth-order valence-corrected chi connectivity index (χ4v) is 3.74. The number of H-pyrrole nitrogens is 1. The van der Waals surface area contributed by atoms with Crippen LogP contribution in [0.3, 0.4) is 0 Å². The van der Waals surface area contributed by atoms with Gasteiger partial charge in [0, 0.05) is 34.1 Å². The number of hydrogen-bond donors (Lipinski definition) is 3. The van der Waals surface area contributed by atoms with Crippen molar-refractivity contribution < 1.29 is 14.3 Å². The molecule has 2 heterocycles. The van der Waals surface area contributed by atoms with E-state index in [2.05, 4.69) is 29.1 Å². The van der Waals surface area contributed by atoms with Crippen LogP contribution in [0.25, 0.3) is 32.6 Å². The third kappa shape index (κ3) is 3.37. The number of aromatic amines is 1. The maximum absolute atomic E-state index is 12.2. The minimum Gasteiger partial charge on any atom is -0.425 e. The first-order valence-corrected chi connectivity index (χ1v) is 9.73. The molecule has 0 atom stereocenters. The molecule has 0 saturated heterocycles. The summed E-state index contributed by atoms with van der Waals surface area (Å²) in [5.74, 6) is -0.564. The summed E-state index contributed by atoms with van der Waals surface area (Å²) in [4.78, 5) is 31.8. The summed E-state index contributed by atoms with van der Waals surface area (Å²) in [6.07, 6.45) is 3.67. The predicted molar refractivity (Wildman–Crippen MR) is 117 cm³/mol. The number of ether oxygens (including phenoxy) is 1. The summed E-state index contributed by atoms with van der Waals surface area (Å²) in [7, 11) is 0. The average Bonchev–Trinajstić information content (AvgIpc) is 3.09. The number of pyridine rings is 1. The van der Waals surface area contributed by atoms with Gasteiger partial charge >= 0.3 is 5.97 Å². The second-order valence-corrected chi connectivity index (χ2v) is 8.13. The zero-order valence-corrected chi connectivity index (χ0v) is 17.4. The Balaban J connectivity index is 1.69. The van der Waals surface area contributed by atoms with Crippen LogP contribution in [-0.4, -0.2) is 33.9 Å². The van der Waals surface area contributed by atoms with Crippen LogP contribution < -0.4 is 15.8 Å². The summed E-state index contributed by atoms with van der Waals surface area (Å²) < 4.78 is 5.44. The van der Waals surface area contributed by atoms with Gasteiger partial charge in [0.1, 0.15) is 12.3 Å². The number of nitrogens with zero attached hydrogens (tertiary/aromatic N) is 1. The van der Waals surface area contributed by atoms with E-state index in [1.807, 2.05) is 24.4 Å². The Hall–Kier alpha value is -3.45. The summed E-state index contributed by atoms with van der Waals surface area (Å²) in [5.41, 5.74) is 8.93. The lowest BCUT2D eigenvalue weighted by molar-refractivity contribution is -0.136. The van der Waals surface area contributed by atoms with Crippen molar-refractivity contribution in [2.24, 2.45) is 5.73 Å². The van der Waals surface area contributed by atoms with E-state index in [4.69, 9.17) is 10.5 Å². The highest BCUT2D eigenvalue weighted by molar-refractivity contribution is 6.16. The molecule has 1 amide bonds. The summed E-state index contributed by atoms with van der Waals surface area (Å²) >= 11 is 0. The van der Waals surface area contributed by atoms with Crippen LogP contribution >= 0.6 is 0 Å². The van der Waals surface area contributed by atoms with Gasteiger partial charge in [-0.1, -0.05) is 0 Å². The Bertz CT molecular complexity index is 1320. The minimum atomic E-state index is -1.06. The SMILES string of the molecule is Cc1c2ccncc2c(C)c2c1[nH]c1ccc(OC(=O)CNC(=O)C(C)(C)N)cc12. The Morgan fingerprint density at radius 3 is 2.63 bits per heavy atom. The van der Waals surface area contributed by atoms with Crippen molar-refractivity contribution in [3.8, 4) is 5.75 Å². The number of aromatic nitrogens is 2.